The minimum atomic E-state index is -4.75. The van der Waals surface area contributed by atoms with Gasteiger partial charge in [-0.25, -0.2) is 18.0 Å². The molecule has 2 rings (SSSR count). The Kier molecular flexibility index (Phi) is 5.71. The zero-order valence-corrected chi connectivity index (χ0v) is 15.5. The summed E-state index contributed by atoms with van der Waals surface area (Å²) < 4.78 is 68.5. The molecule has 0 saturated heterocycles. The fourth-order valence-corrected chi connectivity index (χ4v) is 2.99. The average Bonchev–Trinajstić information content (AvgIpc) is 2.53. The molecule has 1 atom stereocenters. The van der Waals surface area contributed by atoms with E-state index in [0.717, 1.165) is 12.3 Å². The molecule has 0 radical (unpaired) electrons. The van der Waals surface area contributed by atoms with Crippen molar-refractivity contribution in [3.63, 3.8) is 0 Å². The van der Waals surface area contributed by atoms with Crippen molar-refractivity contribution in [1.29, 1.82) is 0 Å². The average molecular weight is 409 g/mol. The van der Waals surface area contributed by atoms with Gasteiger partial charge in [-0.3, -0.25) is 4.79 Å². The molecule has 1 aromatic carbocycles. The third-order valence-corrected chi connectivity index (χ3v) is 4.15. The van der Waals surface area contributed by atoms with Crippen LogP contribution in [0.15, 0.2) is 21.7 Å². The van der Waals surface area contributed by atoms with Crippen molar-refractivity contribution < 1.29 is 26.3 Å². The molecule has 1 aromatic heterocycles. The van der Waals surface area contributed by atoms with Gasteiger partial charge < -0.3 is 9.72 Å². The fourth-order valence-electron chi connectivity index (χ4n) is 2.50. The number of benzene rings is 1. The summed E-state index contributed by atoms with van der Waals surface area (Å²) in [5.41, 5.74) is -4.03. The van der Waals surface area contributed by atoms with Gasteiger partial charge in [0, 0.05) is 6.61 Å². The number of H-pyrrole nitrogens is 1. The smallest absolute Gasteiger partial charge is 0.374 e. The first kappa shape index (κ1) is 21.0. The van der Waals surface area contributed by atoms with Crippen molar-refractivity contribution in [3.8, 4) is 0 Å². The molecular weight excluding hydrogens is 391 g/mol. The van der Waals surface area contributed by atoms with Gasteiger partial charge in [0.15, 0.2) is 0 Å². The molecule has 27 heavy (non-hydrogen) atoms. The maximum Gasteiger partial charge on any atom is 0.416 e. The molecule has 0 spiro atoms. The van der Waals surface area contributed by atoms with Crippen molar-refractivity contribution in [1.82, 2.24) is 9.66 Å². The molecular formula is C15H18F3N3O5S. The number of halogens is 3. The zero-order valence-electron chi connectivity index (χ0n) is 14.7. The number of hydrogen-bond acceptors (Lipinski definition) is 5. The molecule has 2 aromatic rings. The maximum atomic E-state index is 13.4. The van der Waals surface area contributed by atoms with Gasteiger partial charge in [0.2, 0.25) is 10.0 Å². The number of sulfonamides is 1. The second kappa shape index (κ2) is 7.35. The first-order valence-electron chi connectivity index (χ1n) is 7.84. The van der Waals surface area contributed by atoms with Crippen LogP contribution in [-0.4, -0.2) is 30.9 Å². The highest BCUT2D eigenvalue weighted by molar-refractivity contribution is 7.91. The number of hydrogen-bond donors (Lipinski definition) is 2. The van der Waals surface area contributed by atoms with Crippen LogP contribution in [0.2, 0.25) is 0 Å². The topological polar surface area (TPSA) is 110 Å². The lowest BCUT2D eigenvalue weighted by Gasteiger charge is -2.20. The molecule has 2 N–H and O–H groups in total. The number of aromatic amines is 1. The molecule has 8 nitrogen and oxygen atoms in total. The summed E-state index contributed by atoms with van der Waals surface area (Å²) >= 11 is 0. The third-order valence-electron chi connectivity index (χ3n) is 3.64. The minimum absolute atomic E-state index is 0.187. The Bertz CT molecular complexity index is 1070. The molecule has 0 fully saturated rings. The fraction of sp³-hybridized carbons (Fsp3) is 0.467. The van der Waals surface area contributed by atoms with Crippen LogP contribution in [0, 0.1) is 0 Å². The van der Waals surface area contributed by atoms with E-state index in [1.807, 2.05) is 0 Å². The minimum Gasteiger partial charge on any atom is -0.374 e. The van der Waals surface area contributed by atoms with Gasteiger partial charge in [-0.05, 0) is 31.0 Å². The highest BCUT2D eigenvalue weighted by Crippen LogP contribution is 2.37. The molecule has 0 amide bonds. The van der Waals surface area contributed by atoms with Crippen LogP contribution in [-0.2, 0) is 20.9 Å². The number of ether oxygens (including phenoxy) is 1. The molecule has 0 aliphatic carbocycles. The Labute approximate surface area is 152 Å². The van der Waals surface area contributed by atoms with E-state index >= 15 is 0 Å². The van der Waals surface area contributed by atoms with Crippen LogP contribution >= 0.6 is 0 Å². The van der Waals surface area contributed by atoms with Crippen molar-refractivity contribution in [3.05, 3.63) is 44.1 Å². The Morgan fingerprint density at radius 3 is 2.44 bits per heavy atom. The number of alkyl halides is 3. The summed E-state index contributed by atoms with van der Waals surface area (Å²) in [7, 11) is -3.97. The van der Waals surface area contributed by atoms with E-state index in [4.69, 9.17) is 4.74 Å². The van der Waals surface area contributed by atoms with Crippen molar-refractivity contribution in [2.24, 2.45) is 0 Å². The molecule has 1 heterocycles. The predicted molar refractivity (Wildman–Crippen MR) is 92.7 cm³/mol. The maximum absolute atomic E-state index is 13.4. The van der Waals surface area contributed by atoms with E-state index < -0.39 is 39.1 Å². The van der Waals surface area contributed by atoms with E-state index in [1.54, 1.807) is 11.8 Å². The number of nitrogens with one attached hydrogen (secondary N) is 2. The third kappa shape index (κ3) is 4.69. The monoisotopic (exact) mass is 409 g/mol. The second-order valence-electron chi connectivity index (χ2n) is 5.93. The lowest BCUT2D eigenvalue weighted by molar-refractivity contribution is -0.139. The van der Waals surface area contributed by atoms with E-state index in [0.29, 0.717) is 12.5 Å². The largest absolute Gasteiger partial charge is 0.416 e. The van der Waals surface area contributed by atoms with Gasteiger partial charge in [0.05, 0.1) is 28.8 Å². The zero-order chi connectivity index (χ0) is 20.6. The van der Waals surface area contributed by atoms with E-state index in [2.05, 4.69) is 4.98 Å². The number of aromatic nitrogens is 2. The molecule has 0 aliphatic heterocycles. The Morgan fingerprint density at radius 2 is 1.93 bits per heavy atom. The van der Waals surface area contributed by atoms with Gasteiger partial charge in [-0.2, -0.15) is 17.8 Å². The lowest BCUT2D eigenvalue weighted by Crippen LogP contribution is -2.43. The van der Waals surface area contributed by atoms with Crippen LogP contribution in [0.25, 0.3) is 10.9 Å². The Balaban J connectivity index is 2.80. The summed E-state index contributed by atoms with van der Waals surface area (Å²) in [4.78, 5) is 28.2. The predicted octanol–water partition coefficient (Wildman–Crippen LogP) is 1.70. The summed E-state index contributed by atoms with van der Waals surface area (Å²) in [5, 5.41) is -0.291. The second-order valence-corrected chi connectivity index (χ2v) is 7.66. The Morgan fingerprint density at radius 1 is 1.30 bits per heavy atom. The van der Waals surface area contributed by atoms with Crippen molar-refractivity contribution >= 4 is 20.9 Å². The van der Waals surface area contributed by atoms with Gasteiger partial charge >= 0.3 is 11.9 Å². The lowest BCUT2D eigenvalue weighted by atomic mass is 10.00. The normalized spacial score (nSPS) is 13.7. The number of nitrogens with zero attached hydrogens (tertiary/aromatic N) is 1. The first-order chi connectivity index (χ1) is 12.3. The summed E-state index contributed by atoms with van der Waals surface area (Å²) in [6.45, 7) is 3.41. The Hall–Kier alpha value is -2.34. The van der Waals surface area contributed by atoms with Crippen LogP contribution in [0.3, 0.4) is 0 Å². The van der Waals surface area contributed by atoms with Gasteiger partial charge in [0.1, 0.15) is 0 Å². The van der Waals surface area contributed by atoms with Gasteiger partial charge in [0.25, 0.3) is 5.56 Å². The SMILES string of the molecule is CCCOC(C)c1cc2c(=O)n(NS(C)(=O)=O)c(=O)[nH]c2cc1C(F)(F)F. The summed E-state index contributed by atoms with van der Waals surface area (Å²) in [6, 6.07) is 1.60. The van der Waals surface area contributed by atoms with Crippen molar-refractivity contribution in [2.45, 2.75) is 32.5 Å². The van der Waals surface area contributed by atoms with Crippen LogP contribution < -0.4 is 16.1 Å². The van der Waals surface area contributed by atoms with Gasteiger partial charge in [-0.15, -0.1) is 0 Å². The number of fused-ring (bicyclic) bond motifs is 1. The van der Waals surface area contributed by atoms with Crippen molar-refractivity contribution in [2.75, 3.05) is 17.7 Å². The molecule has 0 saturated carbocycles. The standard InChI is InChI=1S/C15H18F3N3O5S/c1-4-5-26-8(2)9-6-10-12(7-11(9)15(16,17)18)19-14(23)21(13(10)22)20-27(3,24)25/h6-8,20H,4-5H2,1-3H3,(H,19,23). The molecule has 0 aliphatic rings. The van der Waals surface area contributed by atoms with E-state index in [1.165, 1.54) is 6.92 Å². The molecule has 0 bridgehead atoms. The van der Waals surface area contributed by atoms with Gasteiger partial charge in [-0.1, -0.05) is 6.92 Å². The summed E-state index contributed by atoms with van der Waals surface area (Å²) in [6.07, 6.45) is -4.42. The van der Waals surface area contributed by atoms with Crippen LogP contribution in [0.4, 0.5) is 13.2 Å². The van der Waals surface area contributed by atoms with Crippen LogP contribution in [0.5, 0.6) is 0 Å². The summed E-state index contributed by atoms with van der Waals surface area (Å²) in [5.74, 6) is 0. The highest BCUT2D eigenvalue weighted by Gasteiger charge is 2.35. The number of rotatable bonds is 6. The molecule has 12 heteroatoms. The highest BCUT2D eigenvalue weighted by atomic mass is 32.2. The quantitative estimate of drug-likeness (QED) is 0.755. The van der Waals surface area contributed by atoms with E-state index in [-0.39, 0.29) is 27.7 Å². The molecule has 1 unspecified atom stereocenters. The van der Waals surface area contributed by atoms with Crippen LogP contribution in [0.1, 0.15) is 37.5 Å². The first-order valence-corrected chi connectivity index (χ1v) is 9.74. The van der Waals surface area contributed by atoms with E-state index in [9.17, 15) is 31.2 Å². The molecule has 150 valence electrons.